The first-order valence-corrected chi connectivity index (χ1v) is 4.56. The molecule has 0 radical (unpaired) electrons. The zero-order valence-electron chi connectivity index (χ0n) is 7.70. The largest absolute Gasteiger partial charge is 0.320 e. The number of rotatable bonds is 3. The van der Waals surface area contributed by atoms with E-state index >= 15 is 0 Å². The number of anilines is 1. The number of amides is 1. The maximum absolute atomic E-state index is 11.3. The standard InChI is InChI=1S/C8H11ClN4O/c1-2-5(10)7(14)13-8-11-4-3-6(9)12-8/h3-5H,2,10H2,1H3,(H,11,12,13,14). The van der Waals surface area contributed by atoms with E-state index in [0.29, 0.717) is 6.42 Å². The molecule has 1 aromatic heterocycles. The van der Waals surface area contributed by atoms with Crippen LogP contribution in [-0.4, -0.2) is 21.9 Å². The molecule has 0 aromatic carbocycles. The highest BCUT2D eigenvalue weighted by Crippen LogP contribution is 2.05. The lowest BCUT2D eigenvalue weighted by molar-refractivity contribution is -0.117. The Morgan fingerprint density at radius 1 is 1.79 bits per heavy atom. The molecule has 0 bridgehead atoms. The number of carbonyl (C=O) groups is 1. The Labute approximate surface area is 86.7 Å². The Morgan fingerprint density at radius 2 is 2.50 bits per heavy atom. The van der Waals surface area contributed by atoms with Crippen molar-refractivity contribution in [3.05, 3.63) is 17.4 Å². The Hall–Kier alpha value is -1.20. The predicted octanol–water partition coefficient (Wildman–Crippen LogP) is 0.806. The smallest absolute Gasteiger partial charge is 0.243 e. The van der Waals surface area contributed by atoms with Crippen molar-refractivity contribution in [2.24, 2.45) is 5.73 Å². The lowest BCUT2D eigenvalue weighted by atomic mass is 10.2. The summed E-state index contributed by atoms with van der Waals surface area (Å²) in [7, 11) is 0. The average Bonchev–Trinajstić information content (AvgIpc) is 2.16. The summed E-state index contributed by atoms with van der Waals surface area (Å²) in [5.74, 6) is -0.138. The third-order valence-corrected chi connectivity index (χ3v) is 1.84. The zero-order valence-corrected chi connectivity index (χ0v) is 8.45. The van der Waals surface area contributed by atoms with Crippen molar-refractivity contribution in [1.82, 2.24) is 9.97 Å². The summed E-state index contributed by atoms with van der Waals surface area (Å²) >= 11 is 5.61. The Balaban J connectivity index is 2.65. The van der Waals surface area contributed by atoms with Crippen molar-refractivity contribution in [3.8, 4) is 0 Å². The van der Waals surface area contributed by atoms with Crippen LogP contribution in [-0.2, 0) is 4.79 Å². The molecule has 1 unspecified atom stereocenters. The molecule has 1 atom stereocenters. The molecule has 0 fully saturated rings. The van der Waals surface area contributed by atoms with E-state index < -0.39 is 6.04 Å². The fourth-order valence-electron chi connectivity index (χ4n) is 0.785. The van der Waals surface area contributed by atoms with E-state index in [-0.39, 0.29) is 17.0 Å². The van der Waals surface area contributed by atoms with Crippen molar-refractivity contribution < 1.29 is 4.79 Å². The van der Waals surface area contributed by atoms with E-state index in [4.69, 9.17) is 17.3 Å². The molecule has 6 heteroatoms. The number of hydrogen-bond donors (Lipinski definition) is 2. The Morgan fingerprint density at radius 3 is 3.07 bits per heavy atom. The maximum Gasteiger partial charge on any atom is 0.243 e. The molecule has 0 aliphatic carbocycles. The minimum absolute atomic E-state index is 0.173. The van der Waals surface area contributed by atoms with Crippen LogP contribution in [0.1, 0.15) is 13.3 Å². The molecule has 5 nitrogen and oxygen atoms in total. The second-order valence-corrected chi connectivity index (χ2v) is 3.09. The van der Waals surface area contributed by atoms with Crippen LogP contribution in [0.5, 0.6) is 0 Å². The van der Waals surface area contributed by atoms with Gasteiger partial charge in [0.25, 0.3) is 0 Å². The van der Waals surface area contributed by atoms with Gasteiger partial charge in [-0.1, -0.05) is 18.5 Å². The number of halogens is 1. The van der Waals surface area contributed by atoms with Crippen molar-refractivity contribution in [3.63, 3.8) is 0 Å². The highest BCUT2D eigenvalue weighted by Gasteiger charge is 2.11. The molecule has 0 saturated carbocycles. The third kappa shape index (κ3) is 2.93. The van der Waals surface area contributed by atoms with Crippen molar-refractivity contribution >= 4 is 23.5 Å². The molecule has 0 aliphatic rings. The lowest BCUT2D eigenvalue weighted by Gasteiger charge is -2.08. The van der Waals surface area contributed by atoms with Crippen LogP contribution in [0.3, 0.4) is 0 Å². The molecule has 0 spiro atoms. The summed E-state index contributed by atoms with van der Waals surface area (Å²) < 4.78 is 0. The zero-order chi connectivity index (χ0) is 10.6. The normalized spacial score (nSPS) is 12.2. The predicted molar refractivity (Wildman–Crippen MR) is 53.9 cm³/mol. The SMILES string of the molecule is CCC(N)C(=O)Nc1nccc(Cl)n1. The molecule has 3 N–H and O–H groups in total. The molecule has 14 heavy (non-hydrogen) atoms. The van der Waals surface area contributed by atoms with Gasteiger partial charge in [-0.05, 0) is 12.5 Å². The molecule has 0 aliphatic heterocycles. The maximum atomic E-state index is 11.3. The van der Waals surface area contributed by atoms with Crippen LogP contribution in [0, 0.1) is 0 Å². The number of nitrogens with one attached hydrogen (secondary N) is 1. The van der Waals surface area contributed by atoms with Crippen molar-refractivity contribution in [2.75, 3.05) is 5.32 Å². The van der Waals surface area contributed by atoms with Crippen molar-refractivity contribution in [2.45, 2.75) is 19.4 Å². The van der Waals surface area contributed by atoms with Gasteiger partial charge in [-0.2, -0.15) is 0 Å². The summed E-state index contributed by atoms with van der Waals surface area (Å²) in [6.07, 6.45) is 2.02. The highest BCUT2D eigenvalue weighted by atomic mass is 35.5. The van der Waals surface area contributed by atoms with Crippen LogP contribution in [0.15, 0.2) is 12.3 Å². The quantitative estimate of drug-likeness (QED) is 0.730. The summed E-state index contributed by atoms with van der Waals surface area (Å²) in [4.78, 5) is 18.9. The fourth-order valence-corrected chi connectivity index (χ4v) is 0.922. The van der Waals surface area contributed by atoms with Gasteiger partial charge in [0.15, 0.2) is 0 Å². The van der Waals surface area contributed by atoms with Gasteiger partial charge in [-0.15, -0.1) is 0 Å². The fraction of sp³-hybridized carbons (Fsp3) is 0.375. The van der Waals surface area contributed by atoms with Crippen LogP contribution >= 0.6 is 11.6 Å². The number of carbonyl (C=O) groups excluding carboxylic acids is 1. The van der Waals surface area contributed by atoms with Gasteiger partial charge < -0.3 is 5.73 Å². The van der Waals surface area contributed by atoms with Crippen LogP contribution in [0.2, 0.25) is 5.15 Å². The van der Waals surface area contributed by atoms with Crippen LogP contribution in [0.4, 0.5) is 5.95 Å². The summed E-state index contributed by atoms with van der Waals surface area (Å²) in [5.41, 5.74) is 5.50. The average molecular weight is 215 g/mol. The van der Waals surface area contributed by atoms with Crippen LogP contribution in [0.25, 0.3) is 0 Å². The minimum atomic E-state index is -0.544. The lowest BCUT2D eigenvalue weighted by Crippen LogP contribution is -2.35. The van der Waals surface area contributed by atoms with Gasteiger partial charge >= 0.3 is 0 Å². The third-order valence-electron chi connectivity index (χ3n) is 1.63. The number of hydrogen-bond acceptors (Lipinski definition) is 4. The van der Waals surface area contributed by atoms with Gasteiger partial charge in [0.05, 0.1) is 6.04 Å². The second-order valence-electron chi connectivity index (χ2n) is 2.71. The van der Waals surface area contributed by atoms with Gasteiger partial charge in [0.2, 0.25) is 11.9 Å². The van der Waals surface area contributed by atoms with Gasteiger partial charge in [-0.25, -0.2) is 9.97 Å². The number of aromatic nitrogens is 2. The van der Waals surface area contributed by atoms with E-state index in [2.05, 4.69) is 15.3 Å². The Kier molecular flexibility index (Phi) is 3.79. The molecule has 1 amide bonds. The van der Waals surface area contributed by atoms with E-state index in [1.807, 2.05) is 6.92 Å². The molecule has 1 heterocycles. The first kappa shape index (κ1) is 10.9. The molecule has 1 rings (SSSR count). The van der Waals surface area contributed by atoms with E-state index in [0.717, 1.165) is 0 Å². The monoisotopic (exact) mass is 214 g/mol. The molecule has 1 aromatic rings. The number of nitrogens with zero attached hydrogens (tertiary/aromatic N) is 2. The molecular weight excluding hydrogens is 204 g/mol. The van der Waals surface area contributed by atoms with E-state index in [1.165, 1.54) is 12.3 Å². The topological polar surface area (TPSA) is 80.9 Å². The summed E-state index contributed by atoms with van der Waals surface area (Å²) in [5, 5.41) is 2.74. The molecule has 0 saturated heterocycles. The van der Waals surface area contributed by atoms with E-state index in [1.54, 1.807) is 0 Å². The second kappa shape index (κ2) is 4.88. The van der Waals surface area contributed by atoms with Crippen LogP contribution < -0.4 is 11.1 Å². The summed E-state index contributed by atoms with van der Waals surface area (Å²) in [6.45, 7) is 1.82. The molecule has 76 valence electrons. The van der Waals surface area contributed by atoms with Crippen molar-refractivity contribution in [1.29, 1.82) is 0 Å². The minimum Gasteiger partial charge on any atom is -0.320 e. The summed E-state index contributed by atoms with van der Waals surface area (Å²) in [6, 6.07) is 0.981. The van der Waals surface area contributed by atoms with Gasteiger partial charge in [0, 0.05) is 6.20 Å². The molecular formula is C8H11ClN4O. The highest BCUT2D eigenvalue weighted by molar-refractivity contribution is 6.29. The number of nitrogens with two attached hydrogens (primary N) is 1. The van der Waals surface area contributed by atoms with Gasteiger partial charge in [-0.3, -0.25) is 10.1 Å². The first-order chi connectivity index (χ1) is 6.63. The van der Waals surface area contributed by atoms with E-state index in [9.17, 15) is 4.79 Å². The first-order valence-electron chi connectivity index (χ1n) is 4.18. The Bertz CT molecular complexity index is 331. The van der Waals surface area contributed by atoms with Gasteiger partial charge in [0.1, 0.15) is 5.15 Å².